The van der Waals surface area contributed by atoms with Gasteiger partial charge in [-0.2, -0.15) is 0 Å². The molecule has 1 atom stereocenters. The molecule has 2 saturated heterocycles. The molecule has 4 heterocycles. The molecule has 0 saturated carbocycles. The number of nitrogens with zero attached hydrogens (tertiary/aromatic N) is 5. The lowest BCUT2D eigenvalue weighted by atomic mass is 10.0. The van der Waals surface area contributed by atoms with E-state index in [9.17, 15) is 18.7 Å². The molecule has 0 bridgehead atoms. The molecule has 7 nitrogen and oxygen atoms in total. The SMILES string of the molecule is CN1CCC(O)(C#Cc2cccc(-c3ccc4ncnc(N5CC(F)(F)C5)c4n3)c2)C1=O. The van der Waals surface area contributed by atoms with Crippen LogP contribution in [0.2, 0.25) is 0 Å². The Bertz CT molecular complexity index is 1290. The summed E-state index contributed by atoms with van der Waals surface area (Å²) in [6.07, 6.45) is 1.61. The van der Waals surface area contributed by atoms with Gasteiger partial charge in [0.2, 0.25) is 5.60 Å². The minimum Gasteiger partial charge on any atom is -0.369 e. The molecule has 0 radical (unpaired) electrons. The standard InChI is InChI=1S/C23H19F2N5O2/c1-29-10-9-22(32,21(29)31)8-7-15-3-2-4-16(11-15)17-5-6-18-19(28-17)20(27-14-26-18)30-12-23(24,25)13-30/h2-6,11,14,32H,9-10,12-13H2,1H3. The van der Waals surface area contributed by atoms with E-state index in [0.29, 0.717) is 34.7 Å². The number of carbonyl (C=O) groups is 1. The summed E-state index contributed by atoms with van der Waals surface area (Å²) >= 11 is 0. The normalized spacial score (nSPS) is 21.9. The third-order valence-corrected chi connectivity index (χ3v) is 5.69. The van der Waals surface area contributed by atoms with Crippen LogP contribution in [0.1, 0.15) is 12.0 Å². The largest absolute Gasteiger partial charge is 0.369 e. The fraction of sp³-hybridized carbons (Fsp3) is 0.304. The summed E-state index contributed by atoms with van der Waals surface area (Å²) in [6, 6.07) is 10.8. The summed E-state index contributed by atoms with van der Waals surface area (Å²) in [5.74, 6) is 2.85. The second kappa shape index (κ2) is 7.21. The maximum absolute atomic E-state index is 13.4. The molecule has 9 heteroatoms. The zero-order valence-electron chi connectivity index (χ0n) is 17.2. The number of likely N-dealkylation sites (N-methyl/N-ethyl adjacent to an activating group) is 1. The molecular weight excluding hydrogens is 416 g/mol. The summed E-state index contributed by atoms with van der Waals surface area (Å²) in [5.41, 5.74) is 1.33. The second-order valence-electron chi connectivity index (χ2n) is 8.14. The van der Waals surface area contributed by atoms with Crippen molar-refractivity contribution in [3.05, 3.63) is 48.3 Å². The first-order chi connectivity index (χ1) is 15.2. The number of fused-ring (bicyclic) bond motifs is 1. The van der Waals surface area contributed by atoms with E-state index in [0.717, 1.165) is 5.56 Å². The van der Waals surface area contributed by atoms with Crippen molar-refractivity contribution in [3.63, 3.8) is 0 Å². The molecule has 1 amide bonds. The molecule has 0 spiro atoms. The van der Waals surface area contributed by atoms with Gasteiger partial charge in [-0.1, -0.05) is 24.0 Å². The molecule has 3 aromatic rings. The van der Waals surface area contributed by atoms with Crippen molar-refractivity contribution in [2.75, 3.05) is 31.6 Å². The Balaban J connectivity index is 1.48. The van der Waals surface area contributed by atoms with Crippen molar-refractivity contribution in [3.8, 4) is 23.1 Å². The number of benzene rings is 1. The number of hydrogen-bond donors (Lipinski definition) is 1. The first-order valence-electron chi connectivity index (χ1n) is 10.1. The van der Waals surface area contributed by atoms with Gasteiger partial charge in [0.25, 0.3) is 11.8 Å². The average molecular weight is 435 g/mol. The molecule has 1 aromatic carbocycles. The third-order valence-electron chi connectivity index (χ3n) is 5.69. The molecule has 5 rings (SSSR count). The Kier molecular flexibility index (Phi) is 4.57. The van der Waals surface area contributed by atoms with Gasteiger partial charge >= 0.3 is 0 Å². The summed E-state index contributed by atoms with van der Waals surface area (Å²) in [4.78, 5) is 28.1. The van der Waals surface area contributed by atoms with Crippen LogP contribution in [-0.2, 0) is 4.79 Å². The van der Waals surface area contributed by atoms with Crippen LogP contribution in [0, 0.1) is 11.8 Å². The van der Waals surface area contributed by atoms with E-state index in [-0.39, 0.29) is 6.42 Å². The van der Waals surface area contributed by atoms with Crippen molar-refractivity contribution in [1.29, 1.82) is 0 Å². The number of likely N-dealkylation sites (tertiary alicyclic amines) is 1. The third kappa shape index (κ3) is 3.52. The number of alkyl halides is 2. The van der Waals surface area contributed by atoms with Crippen molar-refractivity contribution >= 4 is 22.8 Å². The van der Waals surface area contributed by atoms with Gasteiger partial charge in [0.1, 0.15) is 11.8 Å². The van der Waals surface area contributed by atoms with Gasteiger partial charge in [0.15, 0.2) is 5.82 Å². The molecule has 0 aliphatic carbocycles. The lowest BCUT2D eigenvalue weighted by Gasteiger charge is -2.39. The molecule has 1 N–H and O–H groups in total. The van der Waals surface area contributed by atoms with Crippen LogP contribution in [0.5, 0.6) is 0 Å². The number of hydrogen-bond acceptors (Lipinski definition) is 6. The van der Waals surface area contributed by atoms with Gasteiger partial charge in [0, 0.05) is 31.1 Å². The highest BCUT2D eigenvalue weighted by Gasteiger charge is 2.45. The zero-order valence-corrected chi connectivity index (χ0v) is 17.2. The van der Waals surface area contributed by atoms with E-state index in [1.807, 2.05) is 6.07 Å². The summed E-state index contributed by atoms with van der Waals surface area (Å²) in [5, 5.41) is 10.5. The van der Waals surface area contributed by atoms with Crippen LogP contribution in [0.15, 0.2) is 42.7 Å². The Hall–Kier alpha value is -3.64. The highest BCUT2D eigenvalue weighted by atomic mass is 19.3. The molecule has 162 valence electrons. The molecule has 2 aliphatic rings. The van der Waals surface area contributed by atoms with Crippen LogP contribution in [0.25, 0.3) is 22.3 Å². The number of rotatable bonds is 2. The maximum atomic E-state index is 13.4. The fourth-order valence-electron chi connectivity index (χ4n) is 3.88. The number of halogens is 2. The van der Waals surface area contributed by atoms with E-state index in [1.54, 1.807) is 37.4 Å². The number of aromatic nitrogens is 3. The van der Waals surface area contributed by atoms with Gasteiger partial charge in [-0.3, -0.25) is 4.79 Å². The molecule has 1 unspecified atom stereocenters. The lowest BCUT2D eigenvalue weighted by molar-refractivity contribution is -0.137. The number of anilines is 1. The van der Waals surface area contributed by atoms with Crippen LogP contribution < -0.4 is 4.90 Å². The first-order valence-corrected chi connectivity index (χ1v) is 10.1. The second-order valence-corrected chi connectivity index (χ2v) is 8.14. The quantitative estimate of drug-likeness (QED) is 0.621. The van der Waals surface area contributed by atoms with Crippen molar-refractivity contribution in [1.82, 2.24) is 19.9 Å². The van der Waals surface area contributed by atoms with Gasteiger partial charge in [0.05, 0.1) is 24.3 Å². The number of amides is 1. The lowest BCUT2D eigenvalue weighted by Crippen LogP contribution is -2.56. The monoisotopic (exact) mass is 435 g/mol. The minimum absolute atomic E-state index is 0.263. The molecular formula is C23H19F2N5O2. The summed E-state index contributed by atoms with van der Waals surface area (Å²) in [6.45, 7) is -0.335. The number of carbonyl (C=O) groups excluding carboxylic acids is 1. The number of pyridine rings is 1. The Morgan fingerprint density at radius 3 is 2.69 bits per heavy atom. The van der Waals surface area contributed by atoms with Gasteiger partial charge < -0.3 is 14.9 Å². The molecule has 32 heavy (non-hydrogen) atoms. The highest BCUT2D eigenvalue weighted by molar-refractivity contribution is 5.90. The van der Waals surface area contributed by atoms with E-state index >= 15 is 0 Å². The van der Waals surface area contributed by atoms with Gasteiger partial charge in [-0.15, -0.1) is 0 Å². The maximum Gasteiger partial charge on any atom is 0.282 e. The minimum atomic E-state index is -2.72. The zero-order chi connectivity index (χ0) is 22.5. The topological polar surface area (TPSA) is 82.4 Å². The van der Waals surface area contributed by atoms with Crippen LogP contribution >= 0.6 is 0 Å². The first kappa shape index (κ1) is 20.3. The van der Waals surface area contributed by atoms with Crippen LogP contribution in [0.4, 0.5) is 14.6 Å². The predicted octanol–water partition coefficient (Wildman–Crippen LogP) is 2.09. The summed E-state index contributed by atoms with van der Waals surface area (Å²) in [7, 11) is 1.63. The van der Waals surface area contributed by atoms with Crippen molar-refractivity contribution in [2.24, 2.45) is 0 Å². The predicted molar refractivity (Wildman–Crippen MR) is 114 cm³/mol. The Morgan fingerprint density at radius 1 is 1.16 bits per heavy atom. The Labute approximate surface area is 182 Å². The van der Waals surface area contributed by atoms with Gasteiger partial charge in [-0.25, -0.2) is 23.7 Å². The van der Waals surface area contributed by atoms with Crippen molar-refractivity contribution < 1.29 is 18.7 Å². The Morgan fingerprint density at radius 2 is 1.97 bits per heavy atom. The van der Waals surface area contributed by atoms with E-state index in [4.69, 9.17) is 0 Å². The van der Waals surface area contributed by atoms with E-state index < -0.39 is 30.5 Å². The number of aliphatic hydroxyl groups is 1. The average Bonchev–Trinajstić information content (AvgIpc) is 3.03. The van der Waals surface area contributed by atoms with E-state index in [2.05, 4.69) is 26.8 Å². The van der Waals surface area contributed by atoms with Crippen molar-refractivity contribution in [2.45, 2.75) is 17.9 Å². The highest BCUT2D eigenvalue weighted by Crippen LogP contribution is 2.34. The molecule has 2 fully saturated rings. The summed E-state index contributed by atoms with van der Waals surface area (Å²) < 4.78 is 26.7. The van der Waals surface area contributed by atoms with E-state index in [1.165, 1.54) is 16.1 Å². The molecule has 2 aromatic heterocycles. The fourth-order valence-corrected chi connectivity index (χ4v) is 3.88. The smallest absolute Gasteiger partial charge is 0.282 e. The molecule has 2 aliphatic heterocycles. The van der Waals surface area contributed by atoms with Crippen LogP contribution in [-0.4, -0.2) is 69.1 Å². The van der Waals surface area contributed by atoms with Gasteiger partial charge in [-0.05, 0) is 24.3 Å². The van der Waals surface area contributed by atoms with Crippen LogP contribution in [0.3, 0.4) is 0 Å².